The van der Waals surface area contributed by atoms with Crippen molar-refractivity contribution < 1.29 is 14.3 Å². The Hall–Kier alpha value is -3.35. The molecule has 0 aliphatic rings. The first-order chi connectivity index (χ1) is 13.1. The highest BCUT2D eigenvalue weighted by atomic mass is 16.5. The monoisotopic (exact) mass is 366 g/mol. The molecule has 0 bridgehead atoms. The van der Waals surface area contributed by atoms with E-state index in [4.69, 9.17) is 9.47 Å². The van der Waals surface area contributed by atoms with E-state index in [-0.39, 0.29) is 5.91 Å². The molecule has 3 rings (SSSR count). The van der Waals surface area contributed by atoms with Gasteiger partial charge in [0.25, 0.3) is 5.91 Å². The predicted molar refractivity (Wildman–Crippen MR) is 101 cm³/mol. The Balaban J connectivity index is 2.08. The first-order valence-corrected chi connectivity index (χ1v) is 8.47. The molecule has 1 amide bonds. The lowest BCUT2D eigenvalue weighted by Crippen LogP contribution is -2.32. The van der Waals surface area contributed by atoms with E-state index >= 15 is 0 Å². The number of para-hydroxylation sites is 1. The number of nitrogens with one attached hydrogen (secondary N) is 1. The highest BCUT2D eigenvalue weighted by Gasteiger charge is 2.26. The van der Waals surface area contributed by atoms with Crippen LogP contribution >= 0.6 is 0 Å². The molecule has 7 nitrogen and oxygen atoms in total. The number of hydrogen-bond donors (Lipinski definition) is 1. The fourth-order valence-corrected chi connectivity index (χ4v) is 3.01. The number of aromatic nitrogens is 3. The minimum Gasteiger partial charge on any atom is -0.493 e. The SMILES string of the molecule is COc1cccc(C(NC(=O)c2cccnc2C)c2nccn2C)c1OC. The number of aryl methyl sites for hydroxylation is 2. The molecule has 0 fully saturated rings. The summed E-state index contributed by atoms with van der Waals surface area (Å²) in [6.45, 7) is 1.80. The van der Waals surface area contributed by atoms with E-state index < -0.39 is 6.04 Å². The number of methoxy groups -OCH3 is 2. The number of benzene rings is 1. The summed E-state index contributed by atoms with van der Waals surface area (Å²) in [7, 11) is 5.03. The first-order valence-electron chi connectivity index (χ1n) is 8.47. The summed E-state index contributed by atoms with van der Waals surface area (Å²) in [5.41, 5.74) is 1.92. The molecule has 7 heteroatoms. The summed E-state index contributed by atoms with van der Waals surface area (Å²) >= 11 is 0. The molecule has 0 saturated carbocycles. The molecule has 0 aliphatic carbocycles. The van der Waals surface area contributed by atoms with Gasteiger partial charge in [-0.2, -0.15) is 0 Å². The zero-order valence-electron chi connectivity index (χ0n) is 15.8. The van der Waals surface area contributed by atoms with Crippen LogP contribution in [0.5, 0.6) is 11.5 Å². The Morgan fingerprint density at radius 2 is 1.93 bits per heavy atom. The van der Waals surface area contributed by atoms with Crippen molar-refractivity contribution in [2.24, 2.45) is 7.05 Å². The number of nitrogens with zero attached hydrogens (tertiary/aromatic N) is 3. The molecule has 0 spiro atoms. The van der Waals surface area contributed by atoms with Crippen molar-refractivity contribution in [3.63, 3.8) is 0 Å². The molecule has 1 atom stereocenters. The second kappa shape index (κ2) is 7.90. The number of carbonyl (C=O) groups excluding carboxylic acids is 1. The number of hydrogen-bond acceptors (Lipinski definition) is 5. The van der Waals surface area contributed by atoms with Crippen LogP contribution in [0.3, 0.4) is 0 Å². The zero-order valence-corrected chi connectivity index (χ0v) is 15.8. The maximum Gasteiger partial charge on any atom is 0.253 e. The average Bonchev–Trinajstić information content (AvgIpc) is 3.11. The van der Waals surface area contributed by atoms with Crippen LogP contribution in [0.4, 0.5) is 0 Å². The number of rotatable bonds is 6. The third-order valence-corrected chi connectivity index (χ3v) is 4.39. The fourth-order valence-electron chi connectivity index (χ4n) is 3.01. The molecule has 27 heavy (non-hydrogen) atoms. The quantitative estimate of drug-likeness (QED) is 0.726. The molecule has 0 aliphatic heterocycles. The van der Waals surface area contributed by atoms with Crippen LogP contribution in [0.2, 0.25) is 0 Å². The van der Waals surface area contributed by atoms with Crippen LogP contribution < -0.4 is 14.8 Å². The standard InChI is InChI=1S/C20H22N4O3/c1-13-14(8-6-10-21-13)20(25)23-17(19-22-11-12-24(19)2)15-7-5-9-16(26-3)18(15)27-4/h5-12,17H,1-4H3,(H,23,25). The minimum atomic E-state index is -0.526. The second-order valence-corrected chi connectivity index (χ2v) is 6.02. The van der Waals surface area contributed by atoms with Gasteiger partial charge in [0.05, 0.1) is 19.8 Å². The molecular weight excluding hydrogens is 344 g/mol. The highest BCUT2D eigenvalue weighted by Crippen LogP contribution is 2.36. The molecule has 0 radical (unpaired) electrons. The van der Waals surface area contributed by atoms with E-state index in [1.807, 2.05) is 36.0 Å². The lowest BCUT2D eigenvalue weighted by Gasteiger charge is -2.22. The van der Waals surface area contributed by atoms with Gasteiger partial charge in [0, 0.05) is 36.9 Å². The van der Waals surface area contributed by atoms with E-state index in [9.17, 15) is 4.79 Å². The van der Waals surface area contributed by atoms with Crippen molar-refractivity contribution in [2.75, 3.05) is 14.2 Å². The normalized spacial score (nSPS) is 11.7. The number of carbonyl (C=O) groups is 1. The molecule has 0 saturated heterocycles. The Labute approximate surface area is 158 Å². The number of pyridine rings is 1. The molecule has 3 aromatic rings. The number of ether oxygens (including phenoxy) is 2. The lowest BCUT2D eigenvalue weighted by molar-refractivity contribution is 0.0939. The Kier molecular flexibility index (Phi) is 5.40. The van der Waals surface area contributed by atoms with E-state index in [0.717, 1.165) is 5.56 Å². The zero-order chi connectivity index (χ0) is 19.4. The van der Waals surface area contributed by atoms with Gasteiger partial charge in [0.2, 0.25) is 0 Å². The maximum atomic E-state index is 12.9. The smallest absolute Gasteiger partial charge is 0.253 e. The summed E-state index contributed by atoms with van der Waals surface area (Å²) in [5.74, 6) is 1.58. The predicted octanol–water partition coefficient (Wildman–Crippen LogP) is 2.66. The Morgan fingerprint density at radius 1 is 1.11 bits per heavy atom. The summed E-state index contributed by atoms with van der Waals surface area (Å²) in [6, 6.07) is 8.51. The minimum absolute atomic E-state index is 0.238. The van der Waals surface area contributed by atoms with E-state index in [1.165, 1.54) is 0 Å². The third-order valence-electron chi connectivity index (χ3n) is 4.39. The van der Waals surface area contributed by atoms with Crippen molar-refractivity contribution in [2.45, 2.75) is 13.0 Å². The van der Waals surface area contributed by atoms with Crippen LogP contribution in [0.1, 0.15) is 33.5 Å². The van der Waals surface area contributed by atoms with E-state index in [2.05, 4.69) is 15.3 Å². The number of imidazole rings is 1. The van der Waals surface area contributed by atoms with Gasteiger partial charge in [0.15, 0.2) is 11.5 Å². The van der Waals surface area contributed by atoms with Crippen LogP contribution in [-0.2, 0) is 7.05 Å². The van der Waals surface area contributed by atoms with E-state index in [1.54, 1.807) is 45.7 Å². The number of amides is 1. The average molecular weight is 366 g/mol. The summed E-state index contributed by atoms with van der Waals surface area (Å²) in [5, 5.41) is 3.06. The van der Waals surface area contributed by atoms with Gasteiger partial charge < -0.3 is 19.4 Å². The summed E-state index contributed by atoms with van der Waals surface area (Å²) in [4.78, 5) is 21.6. The summed E-state index contributed by atoms with van der Waals surface area (Å²) < 4.78 is 12.8. The lowest BCUT2D eigenvalue weighted by atomic mass is 10.0. The second-order valence-electron chi connectivity index (χ2n) is 6.02. The Bertz CT molecular complexity index is 952. The molecule has 1 N–H and O–H groups in total. The van der Waals surface area contributed by atoms with Gasteiger partial charge in [-0.05, 0) is 25.1 Å². The van der Waals surface area contributed by atoms with Gasteiger partial charge in [0.1, 0.15) is 11.9 Å². The molecular formula is C20H22N4O3. The van der Waals surface area contributed by atoms with Crippen LogP contribution in [-0.4, -0.2) is 34.7 Å². The largest absolute Gasteiger partial charge is 0.493 e. The topological polar surface area (TPSA) is 78.3 Å². The van der Waals surface area contributed by atoms with Crippen molar-refractivity contribution in [3.8, 4) is 11.5 Å². The molecule has 2 heterocycles. The van der Waals surface area contributed by atoms with Gasteiger partial charge in [-0.15, -0.1) is 0 Å². The van der Waals surface area contributed by atoms with Crippen molar-refractivity contribution in [1.29, 1.82) is 0 Å². The van der Waals surface area contributed by atoms with Crippen LogP contribution in [0.15, 0.2) is 48.9 Å². The first kappa shape index (κ1) is 18.4. The third kappa shape index (κ3) is 3.62. The van der Waals surface area contributed by atoms with Gasteiger partial charge >= 0.3 is 0 Å². The van der Waals surface area contributed by atoms with Gasteiger partial charge in [-0.1, -0.05) is 12.1 Å². The van der Waals surface area contributed by atoms with Gasteiger partial charge in [-0.25, -0.2) is 4.98 Å². The van der Waals surface area contributed by atoms with E-state index in [0.29, 0.717) is 28.6 Å². The Morgan fingerprint density at radius 3 is 2.56 bits per heavy atom. The van der Waals surface area contributed by atoms with Crippen LogP contribution in [0, 0.1) is 6.92 Å². The van der Waals surface area contributed by atoms with Crippen LogP contribution in [0.25, 0.3) is 0 Å². The molecule has 1 unspecified atom stereocenters. The molecule has 140 valence electrons. The highest BCUT2D eigenvalue weighted by molar-refractivity contribution is 5.95. The fraction of sp³-hybridized carbons (Fsp3) is 0.250. The molecule has 1 aromatic carbocycles. The summed E-state index contributed by atoms with van der Waals surface area (Å²) in [6.07, 6.45) is 5.18. The van der Waals surface area contributed by atoms with Crippen molar-refractivity contribution in [3.05, 3.63) is 71.6 Å². The maximum absolute atomic E-state index is 12.9. The molecule has 2 aromatic heterocycles. The van der Waals surface area contributed by atoms with Gasteiger partial charge in [-0.3, -0.25) is 9.78 Å². The van der Waals surface area contributed by atoms with Crippen molar-refractivity contribution in [1.82, 2.24) is 19.9 Å². The van der Waals surface area contributed by atoms with Crippen molar-refractivity contribution >= 4 is 5.91 Å².